The standard InChI is InChI=1S/C27H20N4O3S/c1-3-24(32)30-22-12-19(7-4-15(22)2)31-25(33)9-6-17-13-29-21-8-5-16(10-20(21)26(17)31)18-11-23(27(28)34)35-14-18/h3-14H,1H2,2H3,(H2,28,34)(H,30,32). The molecule has 3 aromatic heterocycles. The van der Waals surface area contributed by atoms with E-state index in [0.29, 0.717) is 21.8 Å². The Balaban J connectivity index is 1.77. The topological polar surface area (TPSA) is 107 Å². The van der Waals surface area contributed by atoms with Crippen molar-refractivity contribution in [2.45, 2.75) is 6.92 Å². The molecular weight excluding hydrogens is 460 g/mol. The molecule has 0 spiro atoms. The maximum Gasteiger partial charge on any atom is 0.258 e. The average Bonchev–Trinajstić information content (AvgIpc) is 3.36. The Morgan fingerprint density at radius 1 is 1.09 bits per heavy atom. The van der Waals surface area contributed by atoms with Gasteiger partial charge in [-0.2, -0.15) is 0 Å². The summed E-state index contributed by atoms with van der Waals surface area (Å²) in [5.41, 5.74) is 10.4. The van der Waals surface area contributed by atoms with Crippen molar-refractivity contribution in [1.82, 2.24) is 9.55 Å². The van der Waals surface area contributed by atoms with Crippen LogP contribution >= 0.6 is 11.3 Å². The van der Waals surface area contributed by atoms with Crippen molar-refractivity contribution in [3.8, 4) is 16.8 Å². The van der Waals surface area contributed by atoms with E-state index in [0.717, 1.165) is 33.0 Å². The van der Waals surface area contributed by atoms with E-state index < -0.39 is 5.91 Å². The number of anilines is 1. The number of rotatable bonds is 5. The van der Waals surface area contributed by atoms with Gasteiger partial charge in [-0.15, -0.1) is 11.3 Å². The Hall–Kier alpha value is -4.56. The molecule has 0 aliphatic carbocycles. The van der Waals surface area contributed by atoms with Crippen molar-refractivity contribution in [3.05, 3.63) is 99.6 Å². The Morgan fingerprint density at radius 3 is 2.66 bits per heavy atom. The normalized spacial score (nSPS) is 11.0. The third-order valence-electron chi connectivity index (χ3n) is 5.82. The molecule has 7 nitrogen and oxygen atoms in total. The molecule has 0 saturated carbocycles. The number of hydrogen-bond donors (Lipinski definition) is 2. The summed E-state index contributed by atoms with van der Waals surface area (Å²) in [6, 6.07) is 16.2. The van der Waals surface area contributed by atoms with Crippen molar-refractivity contribution in [3.63, 3.8) is 0 Å². The molecule has 2 aromatic carbocycles. The maximum absolute atomic E-state index is 13.2. The second kappa shape index (κ2) is 8.66. The molecule has 8 heteroatoms. The zero-order valence-electron chi connectivity index (χ0n) is 18.7. The van der Waals surface area contributed by atoms with Crippen LogP contribution in [0, 0.1) is 6.92 Å². The number of aryl methyl sites for hydroxylation is 1. The molecule has 0 bridgehead atoms. The first-order valence-electron chi connectivity index (χ1n) is 10.7. The maximum atomic E-state index is 13.2. The van der Waals surface area contributed by atoms with E-state index in [1.165, 1.54) is 23.5 Å². The van der Waals surface area contributed by atoms with Gasteiger partial charge in [0, 0.05) is 28.7 Å². The third kappa shape index (κ3) is 4.00. The van der Waals surface area contributed by atoms with E-state index in [1.54, 1.807) is 29.0 Å². The largest absolute Gasteiger partial charge is 0.365 e. The van der Waals surface area contributed by atoms with Crippen LogP contribution in [0.5, 0.6) is 0 Å². The van der Waals surface area contributed by atoms with Gasteiger partial charge in [0.15, 0.2) is 0 Å². The van der Waals surface area contributed by atoms with Crippen LogP contribution in [0.25, 0.3) is 38.6 Å². The van der Waals surface area contributed by atoms with Crippen LogP contribution in [0.15, 0.2) is 83.6 Å². The number of pyridine rings is 2. The molecule has 5 rings (SSSR count). The fraction of sp³-hybridized carbons (Fsp3) is 0.0370. The Kier molecular flexibility index (Phi) is 5.50. The molecule has 2 amide bonds. The molecule has 172 valence electrons. The van der Waals surface area contributed by atoms with Crippen LogP contribution in [0.3, 0.4) is 0 Å². The van der Waals surface area contributed by atoms with Gasteiger partial charge < -0.3 is 11.1 Å². The molecular formula is C27H20N4O3S. The lowest BCUT2D eigenvalue weighted by atomic mass is 10.0. The van der Waals surface area contributed by atoms with E-state index in [-0.39, 0.29) is 11.5 Å². The predicted octanol–water partition coefficient (Wildman–Crippen LogP) is 4.80. The number of fused-ring (bicyclic) bond motifs is 3. The smallest absolute Gasteiger partial charge is 0.258 e. The van der Waals surface area contributed by atoms with E-state index >= 15 is 0 Å². The minimum atomic E-state index is -0.471. The monoisotopic (exact) mass is 480 g/mol. The van der Waals surface area contributed by atoms with Crippen molar-refractivity contribution >= 4 is 50.6 Å². The predicted molar refractivity (Wildman–Crippen MR) is 140 cm³/mol. The van der Waals surface area contributed by atoms with Crippen molar-refractivity contribution in [2.24, 2.45) is 5.73 Å². The Morgan fingerprint density at radius 2 is 1.91 bits per heavy atom. The van der Waals surface area contributed by atoms with Gasteiger partial charge >= 0.3 is 0 Å². The average molecular weight is 481 g/mol. The number of carbonyl (C=O) groups is 2. The van der Waals surface area contributed by atoms with Crippen molar-refractivity contribution in [1.29, 1.82) is 0 Å². The summed E-state index contributed by atoms with van der Waals surface area (Å²) in [5.74, 6) is -0.803. The molecule has 0 unspecified atom stereocenters. The highest BCUT2D eigenvalue weighted by atomic mass is 32.1. The number of nitrogens with two attached hydrogens (primary N) is 1. The fourth-order valence-electron chi connectivity index (χ4n) is 4.03. The SMILES string of the molecule is C=CC(=O)Nc1cc(-n2c(=O)ccc3cnc4ccc(-c5csc(C(N)=O)c5)cc4c32)ccc1C. The number of carbonyl (C=O) groups excluding carboxylic acids is 2. The first kappa shape index (κ1) is 22.2. The summed E-state index contributed by atoms with van der Waals surface area (Å²) in [6.07, 6.45) is 2.93. The van der Waals surface area contributed by atoms with Crippen LogP contribution in [0.4, 0.5) is 5.69 Å². The number of amides is 2. The van der Waals surface area contributed by atoms with Crippen LogP contribution in [0.2, 0.25) is 0 Å². The molecule has 0 aliphatic rings. The lowest BCUT2D eigenvalue weighted by molar-refractivity contribution is -0.111. The zero-order chi connectivity index (χ0) is 24.7. The molecule has 35 heavy (non-hydrogen) atoms. The summed E-state index contributed by atoms with van der Waals surface area (Å²) in [4.78, 5) is 41.7. The second-order valence-corrected chi connectivity index (χ2v) is 8.97. The minimum absolute atomic E-state index is 0.216. The summed E-state index contributed by atoms with van der Waals surface area (Å²) in [5, 5.41) is 6.24. The van der Waals surface area contributed by atoms with Crippen LogP contribution in [0.1, 0.15) is 15.2 Å². The van der Waals surface area contributed by atoms with E-state index in [9.17, 15) is 14.4 Å². The first-order chi connectivity index (χ1) is 16.9. The highest BCUT2D eigenvalue weighted by Gasteiger charge is 2.14. The molecule has 3 heterocycles. The van der Waals surface area contributed by atoms with Gasteiger partial charge in [0.05, 0.1) is 21.6 Å². The second-order valence-electron chi connectivity index (χ2n) is 8.06. The van der Waals surface area contributed by atoms with Crippen LogP contribution < -0.4 is 16.6 Å². The number of nitrogens with one attached hydrogen (secondary N) is 1. The number of hydrogen-bond acceptors (Lipinski definition) is 5. The first-order valence-corrected chi connectivity index (χ1v) is 11.6. The van der Waals surface area contributed by atoms with Crippen LogP contribution in [-0.4, -0.2) is 21.4 Å². The lowest BCUT2D eigenvalue weighted by Gasteiger charge is -2.15. The quantitative estimate of drug-likeness (QED) is 0.278. The summed E-state index contributed by atoms with van der Waals surface area (Å²) >= 11 is 1.29. The molecule has 0 radical (unpaired) electrons. The Labute approximate surface area is 204 Å². The van der Waals surface area contributed by atoms with E-state index in [1.807, 2.05) is 42.6 Å². The number of thiophene rings is 1. The van der Waals surface area contributed by atoms with Gasteiger partial charge in [-0.1, -0.05) is 18.7 Å². The number of primary amides is 1. The van der Waals surface area contributed by atoms with Gasteiger partial charge in [-0.3, -0.25) is 23.9 Å². The van der Waals surface area contributed by atoms with Crippen molar-refractivity contribution in [2.75, 3.05) is 5.32 Å². The van der Waals surface area contributed by atoms with Gasteiger partial charge in [0.25, 0.3) is 11.5 Å². The summed E-state index contributed by atoms with van der Waals surface area (Å²) in [7, 11) is 0. The Bertz CT molecular complexity index is 1730. The van der Waals surface area contributed by atoms with Gasteiger partial charge in [-0.25, -0.2) is 0 Å². The van der Waals surface area contributed by atoms with Gasteiger partial charge in [-0.05, 0) is 71.5 Å². The third-order valence-corrected chi connectivity index (χ3v) is 6.76. The van der Waals surface area contributed by atoms with Gasteiger partial charge in [0.2, 0.25) is 5.91 Å². The van der Waals surface area contributed by atoms with E-state index in [4.69, 9.17) is 5.73 Å². The van der Waals surface area contributed by atoms with Crippen molar-refractivity contribution < 1.29 is 9.59 Å². The molecule has 0 atom stereocenters. The molecule has 3 N–H and O–H groups in total. The zero-order valence-corrected chi connectivity index (χ0v) is 19.6. The highest BCUT2D eigenvalue weighted by Crippen LogP contribution is 2.32. The van der Waals surface area contributed by atoms with Crippen LogP contribution in [-0.2, 0) is 4.79 Å². The fourth-order valence-corrected chi connectivity index (χ4v) is 4.80. The number of nitrogens with zero attached hydrogens (tertiary/aromatic N) is 2. The molecule has 5 aromatic rings. The lowest BCUT2D eigenvalue weighted by Crippen LogP contribution is -2.18. The number of benzene rings is 2. The van der Waals surface area contributed by atoms with Gasteiger partial charge in [0.1, 0.15) is 0 Å². The highest BCUT2D eigenvalue weighted by molar-refractivity contribution is 7.12. The molecule has 0 fully saturated rings. The number of aromatic nitrogens is 2. The molecule has 0 aliphatic heterocycles. The minimum Gasteiger partial charge on any atom is -0.365 e. The summed E-state index contributed by atoms with van der Waals surface area (Å²) in [6.45, 7) is 5.38. The summed E-state index contributed by atoms with van der Waals surface area (Å²) < 4.78 is 1.62. The molecule has 0 saturated heterocycles. The van der Waals surface area contributed by atoms with E-state index in [2.05, 4.69) is 16.9 Å².